The lowest BCUT2D eigenvalue weighted by Gasteiger charge is -2.09. The molecule has 1 N–H and O–H groups in total. The van der Waals surface area contributed by atoms with Gasteiger partial charge in [-0.1, -0.05) is 42.5 Å². The average Bonchev–Trinajstić information content (AvgIpc) is 2.57. The molecule has 2 nitrogen and oxygen atoms in total. The van der Waals surface area contributed by atoms with E-state index in [1.165, 1.54) is 11.1 Å². The molecule has 3 aromatic rings. The minimum absolute atomic E-state index is 0.860. The van der Waals surface area contributed by atoms with Gasteiger partial charge in [-0.15, -0.1) is 0 Å². The molecular formula is C19H17NO. The van der Waals surface area contributed by atoms with Crippen molar-refractivity contribution in [2.75, 3.05) is 12.4 Å². The van der Waals surface area contributed by atoms with Crippen LogP contribution >= 0.6 is 0 Å². The van der Waals surface area contributed by atoms with E-state index in [1.807, 2.05) is 30.3 Å². The number of methoxy groups -OCH3 is 1. The van der Waals surface area contributed by atoms with Crippen molar-refractivity contribution >= 4 is 11.4 Å². The Labute approximate surface area is 125 Å². The number of hydrogen-bond acceptors (Lipinski definition) is 2. The van der Waals surface area contributed by atoms with E-state index in [9.17, 15) is 0 Å². The first-order valence-electron chi connectivity index (χ1n) is 6.92. The normalized spacial score (nSPS) is 10.1. The molecule has 0 saturated carbocycles. The zero-order valence-electron chi connectivity index (χ0n) is 11.9. The number of ether oxygens (including phenoxy) is 1. The molecule has 0 aliphatic carbocycles. The van der Waals surface area contributed by atoms with Gasteiger partial charge in [0.05, 0.1) is 7.11 Å². The fourth-order valence-electron chi connectivity index (χ4n) is 2.25. The first-order chi connectivity index (χ1) is 10.3. The fourth-order valence-corrected chi connectivity index (χ4v) is 2.25. The molecule has 104 valence electrons. The van der Waals surface area contributed by atoms with Crippen LogP contribution in [0.3, 0.4) is 0 Å². The van der Waals surface area contributed by atoms with Crippen molar-refractivity contribution < 1.29 is 4.74 Å². The Balaban J connectivity index is 1.83. The van der Waals surface area contributed by atoms with Crippen LogP contribution in [0.4, 0.5) is 11.4 Å². The van der Waals surface area contributed by atoms with Gasteiger partial charge in [0, 0.05) is 11.4 Å². The van der Waals surface area contributed by atoms with E-state index in [-0.39, 0.29) is 0 Å². The summed E-state index contributed by atoms with van der Waals surface area (Å²) in [6.45, 7) is 0. The Bertz CT molecular complexity index is 705. The predicted molar refractivity (Wildman–Crippen MR) is 88.2 cm³/mol. The molecule has 0 bridgehead atoms. The maximum Gasteiger partial charge on any atom is 0.119 e. The molecule has 0 aliphatic heterocycles. The van der Waals surface area contributed by atoms with Gasteiger partial charge in [-0.05, 0) is 47.5 Å². The lowest BCUT2D eigenvalue weighted by Crippen LogP contribution is -1.91. The van der Waals surface area contributed by atoms with Crippen molar-refractivity contribution in [1.82, 2.24) is 0 Å². The molecular weight excluding hydrogens is 258 g/mol. The number of hydrogen-bond donors (Lipinski definition) is 1. The summed E-state index contributed by atoms with van der Waals surface area (Å²) in [5.41, 5.74) is 4.53. The van der Waals surface area contributed by atoms with Crippen LogP contribution in [0.25, 0.3) is 11.1 Å². The number of anilines is 2. The van der Waals surface area contributed by atoms with E-state index in [2.05, 4.69) is 53.8 Å². The molecule has 0 saturated heterocycles. The van der Waals surface area contributed by atoms with Gasteiger partial charge in [-0.25, -0.2) is 0 Å². The summed E-state index contributed by atoms with van der Waals surface area (Å²) in [4.78, 5) is 0. The van der Waals surface area contributed by atoms with E-state index >= 15 is 0 Å². The maximum absolute atomic E-state index is 5.17. The minimum Gasteiger partial charge on any atom is -0.497 e. The summed E-state index contributed by atoms with van der Waals surface area (Å²) in [6.07, 6.45) is 0. The van der Waals surface area contributed by atoms with Gasteiger partial charge in [0.2, 0.25) is 0 Å². The molecule has 0 amide bonds. The highest BCUT2D eigenvalue weighted by atomic mass is 16.5. The van der Waals surface area contributed by atoms with Gasteiger partial charge in [0.15, 0.2) is 0 Å². The van der Waals surface area contributed by atoms with Crippen molar-refractivity contribution in [3.8, 4) is 16.9 Å². The Morgan fingerprint density at radius 1 is 0.667 bits per heavy atom. The number of benzene rings is 3. The van der Waals surface area contributed by atoms with Gasteiger partial charge in [0.25, 0.3) is 0 Å². The molecule has 2 heteroatoms. The van der Waals surface area contributed by atoms with Crippen molar-refractivity contribution in [2.24, 2.45) is 0 Å². The van der Waals surface area contributed by atoms with E-state index in [1.54, 1.807) is 7.11 Å². The standard InChI is InChI=1S/C19H17NO/c1-21-19-12-10-17(11-13-19)20-18-9-5-8-16(14-18)15-6-3-2-4-7-15/h2-14,20H,1H3. The highest BCUT2D eigenvalue weighted by Crippen LogP contribution is 2.25. The zero-order chi connectivity index (χ0) is 14.5. The van der Waals surface area contributed by atoms with Crippen molar-refractivity contribution in [3.05, 3.63) is 78.9 Å². The highest BCUT2D eigenvalue weighted by Gasteiger charge is 2.00. The van der Waals surface area contributed by atoms with Crippen LogP contribution in [0.1, 0.15) is 0 Å². The number of rotatable bonds is 4. The summed E-state index contributed by atoms with van der Waals surface area (Å²) in [6, 6.07) is 26.7. The Kier molecular flexibility index (Phi) is 3.88. The van der Waals surface area contributed by atoms with Crippen LogP contribution in [-0.2, 0) is 0 Å². The summed E-state index contributed by atoms with van der Waals surface area (Å²) in [5, 5.41) is 3.41. The lowest BCUT2D eigenvalue weighted by molar-refractivity contribution is 0.415. The smallest absolute Gasteiger partial charge is 0.119 e. The average molecular weight is 275 g/mol. The summed E-state index contributed by atoms with van der Waals surface area (Å²) < 4.78 is 5.17. The van der Waals surface area contributed by atoms with E-state index < -0.39 is 0 Å². The third-order valence-electron chi connectivity index (χ3n) is 3.35. The Morgan fingerprint density at radius 3 is 2.10 bits per heavy atom. The van der Waals surface area contributed by atoms with Gasteiger partial charge in [0.1, 0.15) is 5.75 Å². The van der Waals surface area contributed by atoms with E-state index in [0.29, 0.717) is 0 Å². The molecule has 0 unspecified atom stereocenters. The van der Waals surface area contributed by atoms with Crippen LogP contribution in [0, 0.1) is 0 Å². The molecule has 0 aliphatic rings. The molecule has 3 aromatic carbocycles. The second-order valence-corrected chi connectivity index (χ2v) is 4.80. The van der Waals surface area contributed by atoms with Gasteiger partial charge in [-0.2, -0.15) is 0 Å². The largest absolute Gasteiger partial charge is 0.497 e. The SMILES string of the molecule is COc1ccc(Nc2cccc(-c3ccccc3)c2)cc1. The monoisotopic (exact) mass is 275 g/mol. The zero-order valence-corrected chi connectivity index (χ0v) is 11.9. The first-order valence-corrected chi connectivity index (χ1v) is 6.92. The van der Waals surface area contributed by atoms with Crippen LogP contribution in [0.5, 0.6) is 5.75 Å². The van der Waals surface area contributed by atoms with Crippen molar-refractivity contribution in [2.45, 2.75) is 0 Å². The molecule has 0 atom stereocenters. The predicted octanol–water partition coefficient (Wildman–Crippen LogP) is 5.11. The van der Waals surface area contributed by atoms with Crippen LogP contribution in [0.15, 0.2) is 78.9 Å². The highest BCUT2D eigenvalue weighted by molar-refractivity contribution is 5.70. The van der Waals surface area contributed by atoms with Crippen LogP contribution in [-0.4, -0.2) is 7.11 Å². The molecule has 0 heterocycles. The third-order valence-corrected chi connectivity index (χ3v) is 3.35. The van der Waals surface area contributed by atoms with Crippen molar-refractivity contribution in [1.29, 1.82) is 0 Å². The number of nitrogens with one attached hydrogen (secondary N) is 1. The summed E-state index contributed by atoms with van der Waals surface area (Å²) in [7, 11) is 1.67. The summed E-state index contributed by atoms with van der Waals surface area (Å²) >= 11 is 0. The van der Waals surface area contributed by atoms with Gasteiger partial charge in [-0.3, -0.25) is 0 Å². The van der Waals surface area contributed by atoms with Crippen LogP contribution in [0.2, 0.25) is 0 Å². The fraction of sp³-hybridized carbons (Fsp3) is 0.0526. The molecule has 3 rings (SSSR count). The minimum atomic E-state index is 0.860. The Hall–Kier alpha value is -2.74. The third kappa shape index (κ3) is 3.23. The molecule has 21 heavy (non-hydrogen) atoms. The summed E-state index contributed by atoms with van der Waals surface area (Å²) in [5.74, 6) is 0.860. The molecule has 0 radical (unpaired) electrons. The van der Waals surface area contributed by atoms with E-state index in [0.717, 1.165) is 17.1 Å². The first kappa shape index (κ1) is 13.3. The maximum atomic E-state index is 5.17. The Morgan fingerprint density at radius 2 is 1.38 bits per heavy atom. The van der Waals surface area contributed by atoms with Crippen molar-refractivity contribution in [3.63, 3.8) is 0 Å². The second-order valence-electron chi connectivity index (χ2n) is 4.80. The second kappa shape index (κ2) is 6.14. The lowest BCUT2D eigenvalue weighted by atomic mass is 10.1. The topological polar surface area (TPSA) is 21.3 Å². The molecule has 0 fully saturated rings. The molecule has 0 aromatic heterocycles. The van der Waals surface area contributed by atoms with Gasteiger partial charge >= 0.3 is 0 Å². The van der Waals surface area contributed by atoms with E-state index in [4.69, 9.17) is 4.74 Å². The van der Waals surface area contributed by atoms with Crippen LogP contribution < -0.4 is 10.1 Å². The molecule has 0 spiro atoms. The van der Waals surface area contributed by atoms with Gasteiger partial charge < -0.3 is 10.1 Å². The quantitative estimate of drug-likeness (QED) is 0.714.